The highest BCUT2D eigenvalue weighted by atomic mass is 16.4. The van der Waals surface area contributed by atoms with Crippen molar-refractivity contribution in [2.45, 2.75) is 19.4 Å². The van der Waals surface area contributed by atoms with E-state index in [1.54, 1.807) is 0 Å². The second-order valence-electron chi connectivity index (χ2n) is 2.29. The van der Waals surface area contributed by atoms with Crippen LogP contribution in [0.25, 0.3) is 0 Å². The van der Waals surface area contributed by atoms with E-state index in [9.17, 15) is 9.59 Å². The summed E-state index contributed by atoms with van der Waals surface area (Å²) in [7, 11) is 0. The van der Waals surface area contributed by atoms with E-state index < -0.39 is 24.4 Å². The molecule has 7 nitrogen and oxygen atoms in total. The minimum absolute atomic E-state index is 0.478. The van der Waals surface area contributed by atoms with Crippen molar-refractivity contribution in [2.24, 2.45) is 0 Å². The molecule has 1 atom stereocenters. The van der Waals surface area contributed by atoms with Crippen LogP contribution in [0.2, 0.25) is 0 Å². The zero-order chi connectivity index (χ0) is 10.3. The molecule has 0 spiro atoms. The van der Waals surface area contributed by atoms with E-state index in [1.165, 1.54) is 0 Å². The van der Waals surface area contributed by atoms with Crippen LogP contribution in [0.3, 0.4) is 0 Å². The molecule has 0 aliphatic carbocycles. The summed E-state index contributed by atoms with van der Waals surface area (Å²) >= 11 is 0. The molecule has 0 rings (SSSR count). The third-order valence-corrected chi connectivity index (χ3v) is 1.19. The van der Waals surface area contributed by atoms with Crippen molar-refractivity contribution >= 4 is 11.9 Å². The van der Waals surface area contributed by atoms with E-state index in [4.69, 9.17) is 10.2 Å². The molecule has 0 saturated heterocycles. The summed E-state index contributed by atoms with van der Waals surface area (Å²) < 4.78 is 0. The van der Waals surface area contributed by atoms with Crippen LogP contribution in [0.1, 0.15) is 13.3 Å². The smallest absolute Gasteiger partial charge is 0.322 e. The van der Waals surface area contributed by atoms with Crippen molar-refractivity contribution in [3.63, 3.8) is 0 Å². The van der Waals surface area contributed by atoms with E-state index in [2.05, 4.69) is 16.4 Å². The van der Waals surface area contributed by atoms with Gasteiger partial charge in [-0.25, -0.2) is 10.9 Å². The topological polar surface area (TPSA) is 111 Å². The van der Waals surface area contributed by atoms with Crippen LogP contribution in [0.5, 0.6) is 0 Å². The van der Waals surface area contributed by atoms with Crippen molar-refractivity contribution in [1.82, 2.24) is 16.4 Å². The highest BCUT2D eigenvalue weighted by Crippen LogP contribution is 1.90. The predicted octanol–water partition coefficient (Wildman–Crippen LogP) is -1.47. The minimum atomic E-state index is -1.21. The standard InChI is InChI=1S/C6H13N3O4/c1-2-7-9-8-4(6(12)13)3-5(10)11/h4,7-9H,2-3H2,1H3,(H,10,11)(H,12,13)/t4-/m0/s1. The molecule has 0 aromatic rings. The zero-order valence-electron chi connectivity index (χ0n) is 7.20. The van der Waals surface area contributed by atoms with Gasteiger partial charge in [-0.15, -0.1) is 0 Å². The zero-order valence-corrected chi connectivity index (χ0v) is 7.20. The number of carbonyl (C=O) groups is 2. The summed E-state index contributed by atoms with van der Waals surface area (Å²) in [5.74, 6) is -2.38. The van der Waals surface area contributed by atoms with Gasteiger partial charge in [-0.05, 0) is 0 Å². The average Bonchev–Trinajstić information content (AvgIpc) is 2.02. The van der Waals surface area contributed by atoms with Crippen LogP contribution in [-0.4, -0.2) is 34.7 Å². The SMILES string of the molecule is CCNNN[C@@H](CC(=O)O)C(=O)O. The summed E-state index contributed by atoms with van der Waals surface area (Å²) in [5, 5.41) is 16.9. The van der Waals surface area contributed by atoms with Crippen molar-refractivity contribution in [2.75, 3.05) is 6.54 Å². The number of hydrogen-bond acceptors (Lipinski definition) is 5. The Kier molecular flexibility index (Phi) is 5.77. The molecule has 7 heteroatoms. The lowest BCUT2D eigenvalue weighted by Crippen LogP contribution is -2.52. The lowest BCUT2D eigenvalue weighted by atomic mass is 10.2. The van der Waals surface area contributed by atoms with Gasteiger partial charge < -0.3 is 10.2 Å². The number of hydrogen-bond donors (Lipinski definition) is 5. The van der Waals surface area contributed by atoms with Gasteiger partial charge in [0, 0.05) is 6.54 Å². The average molecular weight is 191 g/mol. The third kappa shape index (κ3) is 6.02. The molecule has 0 aliphatic rings. The first kappa shape index (κ1) is 11.8. The Morgan fingerprint density at radius 2 is 2.00 bits per heavy atom. The molecule has 0 unspecified atom stereocenters. The second-order valence-corrected chi connectivity index (χ2v) is 2.29. The normalized spacial score (nSPS) is 12.4. The lowest BCUT2D eigenvalue weighted by molar-refractivity contribution is -0.146. The van der Waals surface area contributed by atoms with E-state index >= 15 is 0 Å². The molecule has 0 radical (unpaired) electrons. The number of aliphatic carboxylic acids is 2. The van der Waals surface area contributed by atoms with Gasteiger partial charge in [0.25, 0.3) is 0 Å². The van der Waals surface area contributed by atoms with Crippen LogP contribution in [-0.2, 0) is 9.59 Å². The van der Waals surface area contributed by atoms with Crippen molar-refractivity contribution in [3.05, 3.63) is 0 Å². The minimum Gasteiger partial charge on any atom is -0.481 e. The van der Waals surface area contributed by atoms with Crippen LogP contribution >= 0.6 is 0 Å². The van der Waals surface area contributed by atoms with Crippen molar-refractivity contribution < 1.29 is 19.8 Å². The molecule has 0 aromatic carbocycles. The van der Waals surface area contributed by atoms with Crippen LogP contribution in [0, 0.1) is 0 Å². The fourth-order valence-corrected chi connectivity index (χ4v) is 0.601. The fraction of sp³-hybridized carbons (Fsp3) is 0.667. The monoisotopic (exact) mass is 191 g/mol. The first-order valence-corrected chi connectivity index (χ1v) is 3.76. The Balaban J connectivity index is 3.81. The quantitative estimate of drug-likeness (QED) is 0.247. The van der Waals surface area contributed by atoms with E-state index in [0.29, 0.717) is 6.54 Å². The van der Waals surface area contributed by atoms with E-state index in [0.717, 1.165) is 0 Å². The second kappa shape index (κ2) is 6.35. The van der Waals surface area contributed by atoms with Crippen LogP contribution in [0.4, 0.5) is 0 Å². The molecule has 0 heterocycles. The molecule has 0 aliphatic heterocycles. The number of nitrogens with one attached hydrogen (secondary N) is 3. The van der Waals surface area contributed by atoms with Crippen LogP contribution < -0.4 is 16.4 Å². The van der Waals surface area contributed by atoms with Gasteiger partial charge >= 0.3 is 11.9 Å². The first-order chi connectivity index (χ1) is 6.07. The molecule has 0 amide bonds. The maximum absolute atomic E-state index is 10.4. The first-order valence-electron chi connectivity index (χ1n) is 3.76. The maximum Gasteiger partial charge on any atom is 0.322 e. The molecule has 13 heavy (non-hydrogen) atoms. The summed E-state index contributed by atoms with van der Waals surface area (Å²) in [6.07, 6.45) is -0.478. The molecular weight excluding hydrogens is 178 g/mol. The number of carboxylic acid groups (broad SMARTS) is 2. The third-order valence-electron chi connectivity index (χ3n) is 1.19. The Morgan fingerprint density at radius 3 is 2.38 bits per heavy atom. The number of hydrazine groups is 2. The summed E-state index contributed by atoms with van der Waals surface area (Å²) in [6.45, 7) is 2.40. The molecule has 0 saturated carbocycles. The molecule has 0 fully saturated rings. The van der Waals surface area contributed by atoms with E-state index in [1.807, 2.05) is 6.92 Å². The van der Waals surface area contributed by atoms with Crippen molar-refractivity contribution in [3.8, 4) is 0 Å². The van der Waals surface area contributed by atoms with Gasteiger partial charge in [-0.3, -0.25) is 9.59 Å². The summed E-state index contributed by atoms with van der Waals surface area (Å²) in [4.78, 5) is 20.6. The molecule has 0 bridgehead atoms. The number of carboxylic acids is 2. The highest BCUT2D eigenvalue weighted by Gasteiger charge is 2.19. The Bertz CT molecular complexity index is 185. The predicted molar refractivity (Wildman–Crippen MR) is 43.6 cm³/mol. The van der Waals surface area contributed by atoms with E-state index in [-0.39, 0.29) is 0 Å². The molecular formula is C6H13N3O4. The Hall–Kier alpha value is -1.18. The molecule has 5 N–H and O–H groups in total. The Labute approximate surface area is 75.1 Å². The maximum atomic E-state index is 10.4. The van der Waals surface area contributed by atoms with Gasteiger partial charge in [-0.1, -0.05) is 6.92 Å². The van der Waals surface area contributed by atoms with Gasteiger partial charge in [0.05, 0.1) is 6.42 Å². The molecule has 0 aromatic heterocycles. The Morgan fingerprint density at radius 1 is 1.38 bits per heavy atom. The lowest BCUT2D eigenvalue weighted by Gasteiger charge is -2.12. The fourth-order valence-electron chi connectivity index (χ4n) is 0.601. The van der Waals surface area contributed by atoms with Crippen LogP contribution in [0.15, 0.2) is 0 Å². The summed E-state index contributed by atoms with van der Waals surface area (Å²) in [5.41, 5.74) is 7.28. The van der Waals surface area contributed by atoms with Gasteiger partial charge in [0.15, 0.2) is 0 Å². The summed E-state index contributed by atoms with van der Waals surface area (Å²) in [6, 6.07) is -1.14. The number of rotatable bonds is 7. The highest BCUT2D eigenvalue weighted by molar-refractivity contribution is 5.80. The van der Waals surface area contributed by atoms with Gasteiger partial charge in [0.2, 0.25) is 0 Å². The largest absolute Gasteiger partial charge is 0.481 e. The van der Waals surface area contributed by atoms with Crippen molar-refractivity contribution in [1.29, 1.82) is 0 Å². The van der Waals surface area contributed by atoms with Gasteiger partial charge in [0.1, 0.15) is 6.04 Å². The molecule has 76 valence electrons. The van der Waals surface area contributed by atoms with Gasteiger partial charge in [-0.2, -0.15) is 5.53 Å².